The third-order valence-corrected chi connectivity index (χ3v) is 8.78. The molecule has 2 aliphatic heterocycles. The van der Waals surface area contributed by atoms with Crippen LogP contribution in [0.5, 0.6) is 0 Å². The topological polar surface area (TPSA) is 107 Å². The number of aliphatic hydroxyl groups excluding tert-OH is 3. The van der Waals surface area contributed by atoms with Gasteiger partial charge in [-0.3, -0.25) is 4.79 Å². The van der Waals surface area contributed by atoms with Gasteiger partial charge in [-0.15, -0.1) is 0 Å². The van der Waals surface area contributed by atoms with Crippen LogP contribution in [0.1, 0.15) is 39.5 Å². The van der Waals surface area contributed by atoms with Crippen LogP contribution in [-0.2, 0) is 9.53 Å². The maximum Gasteiger partial charge on any atom is 0.205 e. The van der Waals surface area contributed by atoms with Crippen LogP contribution < -0.4 is 0 Å². The molecule has 0 aromatic carbocycles. The van der Waals surface area contributed by atoms with Gasteiger partial charge in [-0.2, -0.15) is 0 Å². The predicted octanol–water partition coefficient (Wildman–Crippen LogP) is 0.376. The molecule has 6 nitrogen and oxygen atoms in total. The van der Waals surface area contributed by atoms with E-state index in [0.29, 0.717) is 31.3 Å². The van der Waals surface area contributed by atoms with Crippen molar-refractivity contribution in [3.05, 3.63) is 12.2 Å². The Morgan fingerprint density at radius 2 is 1.88 bits per heavy atom. The van der Waals surface area contributed by atoms with E-state index in [2.05, 4.69) is 6.58 Å². The third-order valence-electron chi connectivity index (χ3n) is 8.78. The molecule has 2 saturated heterocycles. The Balaban J connectivity index is 1.81. The van der Waals surface area contributed by atoms with E-state index < -0.39 is 46.8 Å². The van der Waals surface area contributed by atoms with E-state index in [0.717, 1.165) is 0 Å². The largest absolute Gasteiger partial charge is 0.393 e. The lowest BCUT2D eigenvalue weighted by atomic mass is 9.35. The number of hydrogen-bond donors (Lipinski definition) is 4. The molecule has 4 aliphatic carbocycles. The molecule has 144 valence electrons. The predicted molar refractivity (Wildman–Crippen MR) is 90.7 cm³/mol. The lowest BCUT2D eigenvalue weighted by Crippen LogP contribution is -2.85. The van der Waals surface area contributed by atoms with E-state index in [9.17, 15) is 25.2 Å². The monoisotopic (exact) mass is 364 g/mol. The zero-order valence-electron chi connectivity index (χ0n) is 15.3. The molecule has 9 atom stereocenters. The van der Waals surface area contributed by atoms with Gasteiger partial charge in [0.25, 0.3) is 0 Å². The molecule has 0 unspecified atom stereocenters. The van der Waals surface area contributed by atoms with Crippen LogP contribution >= 0.6 is 0 Å². The summed E-state index contributed by atoms with van der Waals surface area (Å²) >= 11 is 0. The molecule has 6 aliphatic rings. The van der Waals surface area contributed by atoms with Gasteiger partial charge < -0.3 is 25.2 Å². The summed E-state index contributed by atoms with van der Waals surface area (Å²) in [4.78, 5) is 13.3. The maximum absolute atomic E-state index is 13.3. The van der Waals surface area contributed by atoms with E-state index in [1.807, 2.05) is 13.8 Å². The number of ether oxygens (including phenoxy) is 1. The summed E-state index contributed by atoms with van der Waals surface area (Å²) in [6, 6.07) is 0. The Morgan fingerprint density at radius 1 is 1.19 bits per heavy atom. The third kappa shape index (κ3) is 1.47. The van der Waals surface area contributed by atoms with E-state index >= 15 is 0 Å². The molecule has 2 spiro atoms. The Hall–Kier alpha value is -0.790. The molecule has 26 heavy (non-hydrogen) atoms. The fraction of sp³-hybridized carbons (Fsp3) is 0.850. The minimum absolute atomic E-state index is 0.0454. The molecule has 6 rings (SSSR count). The number of allylic oxidation sites excluding steroid dienone is 1. The number of carbonyl (C=O) groups is 1. The molecule has 4 bridgehead atoms. The summed E-state index contributed by atoms with van der Waals surface area (Å²) < 4.78 is 5.83. The average Bonchev–Trinajstić information content (AvgIpc) is 2.76. The fourth-order valence-corrected chi connectivity index (χ4v) is 7.88. The summed E-state index contributed by atoms with van der Waals surface area (Å²) in [6.07, 6.45) is -0.978. The van der Waals surface area contributed by atoms with Crippen LogP contribution in [0.15, 0.2) is 12.2 Å². The standard InChI is InChI=1S/C20H28O6/c1-9-10-6-11(21)13-18-8-26-20(25,19(13,7-10)15(9)23)16(24)14(18)17(2,3)5-4-12(18)22/h10-14,16,21-22,24-25H,1,4-8H2,2-3H3/t10-,11+,12+,13+,14-,16+,18-,19+,20+/m1/s1. The Kier molecular flexibility index (Phi) is 3.07. The zero-order chi connectivity index (χ0) is 18.9. The van der Waals surface area contributed by atoms with Crippen LogP contribution in [0.3, 0.4) is 0 Å². The summed E-state index contributed by atoms with van der Waals surface area (Å²) in [6.45, 7) is 8.01. The lowest BCUT2D eigenvalue weighted by molar-refractivity contribution is -0.455. The molecule has 6 heteroatoms. The van der Waals surface area contributed by atoms with Gasteiger partial charge in [0, 0.05) is 17.3 Å². The van der Waals surface area contributed by atoms with Crippen molar-refractivity contribution < 1.29 is 30.0 Å². The smallest absolute Gasteiger partial charge is 0.205 e. The number of aliphatic hydroxyl groups is 4. The SMILES string of the molecule is C=C1C(=O)[C@]23C[C@H]1C[C@H](O)[C@H]2[C@]12CO[C@@]3(O)[C@@H](O)[C@@H]1C(C)(C)CC[C@@H]2O. The molecule has 4 saturated carbocycles. The van der Waals surface area contributed by atoms with E-state index in [1.165, 1.54) is 0 Å². The highest BCUT2D eigenvalue weighted by Gasteiger charge is 2.85. The van der Waals surface area contributed by atoms with Crippen LogP contribution in [0.25, 0.3) is 0 Å². The number of hydrogen-bond acceptors (Lipinski definition) is 6. The zero-order valence-corrected chi connectivity index (χ0v) is 15.3. The van der Waals surface area contributed by atoms with Gasteiger partial charge in [0.05, 0.1) is 24.2 Å². The van der Waals surface area contributed by atoms with Gasteiger partial charge in [0.1, 0.15) is 6.10 Å². The Bertz CT molecular complexity index is 717. The van der Waals surface area contributed by atoms with Crippen LogP contribution in [0.2, 0.25) is 0 Å². The lowest BCUT2D eigenvalue weighted by Gasteiger charge is -2.74. The number of rotatable bonds is 0. The van der Waals surface area contributed by atoms with Crippen molar-refractivity contribution in [3.63, 3.8) is 0 Å². The molecular formula is C20H28O6. The van der Waals surface area contributed by atoms with Crippen LogP contribution in [0.4, 0.5) is 0 Å². The van der Waals surface area contributed by atoms with E-state index in [1.54, 1.807) is 0 Å². The van der Waals surface area contributed by atoms with Gasteiger partial charge in [-0.25, -0.2) is 0 Å². The summed E-state index contributed by atoms with van der Waals surface area (Å²) in [5, 5.41) is 45.1. The van der Waals surface area contributed by atoms with Crippen molar-refractivity contribution in [2.24, 2.45) is 34.0 Å². The van der Waals surface area contributed by atoms with Crippen molar-refractivity contribution in [1.29, 1.82) is 0 Å². The van der Waals surface area contributed by atoms with Crippen molar-refractivity contribution in [2.75, 3.05) is 6.61 Å². The number of Topliss-reactive ketones (excluding diaryl/α,β-unsaturated/α-hetero) is 1. The van der Waals surface area contributed by atoms with Crippen molar-refractivity contribution in [1.82, 2.24) is 0 Å². The second-order valence-electron chi connectivity index (χ2n) is 10.1. The molecule has 0 amide bonds. The first kappa shape index (κ1) is 17.3. The second-order valence-corrected chi connectivity index (χ2v) is 10.1. The summed E-state index contributed by atoms with van der Waals surface area (Å²) in [5.41, 5.74) is -2.32. The molecule has 0 radical (unpaired) electrons. The average molecular weight is 364 g/mol. The molecule has 4 N–H and O–H groups in total. The maximum atomic E-state index is 13.3. The summed E-state index contributed by atoms with van der Waals surface area (Å²) in [5.74, 6) is -3.66. The first-order valence-electron chi connectivity index (χ1n) is 9.68. The minimum atomic E-state index is -2.05. The number of ketones is 1. The summed E-state index contributed by atoms with van der Waals surface area (Å²) in [7, 11) is 0. The first-order chi connectivity index (χ1) is 12.0. The molecular weight excluding hydrogens is 336 g/mol. The van der Waals surface area contributed by atoms with Crippen LogP contribution in [0, 0.1) is 34.0 Å². The van der Waals surface area contributed by atoms with Gasteiger partial charge in [-0.1, -0.05) is 20.4 Å². The van der Waals surface area contributed by atoms with E-state index in [4.69, 9.17) is 4.74 Å². The highest BCUT2D eigenvalue weighted by molar-refractivity contribution is 6.04. The van der Waals surface area contributed by atoms with Crippen molar-refractivity contribution >= 4 is 5.78 Å². The highest BCUT2D eigenvalue weighted by atomic mass is 16.6. The normalized spacial score (nSPS) is 59.9. The molecule has 6 fully saturated rings. The van der Waals surface area contributed by atoms with Gasteiger partial charge in [-0.05, 0) is 42.6 Å². The Morgan fingerprint density at radius 3 is 2.58 bits per heavy atom. The fourth-order valence-electron chi connectivity index (χ4n) is 7.88. The van der Waals surface area contributed by atoms with Crippen LogP contribution in [-0.4, -0.2) is 56.9 Å². The number of fused-ring (bicyclic) bond motifs is 2. The number of carbonyl (C=O) groups excluding carboxylic acids is 1. The highest BCUT2D eigenvalue weighted by Crippen LogP contribution is 2.76. The second kappa shape index (κ2) is 4.61. The van der Waals surface area contributed by atoms with Crippen molar-refractivity contribution in [2.45, 2.75) is 63.6 Å². The Labute approximate surface area is 152 Å². The molecule has 0 aromatic heterocycles. The van der Waals surface area contributed by atoms with Gasteiger partial charge in [0.2, 0.25) is 5.79 Å². The molecule has 2 heterocycles. The van der Waals surface area contributed by atoms with E-state index in [-0.39, 0.29) is 23.7 Å². The quantitative estimate of drug-likeness (QED) is 0.463. The van der Waals surface area contributed by atoms with Crippen molar-refractivity contribution in [3.8, 4) is 0 Å². The molecule has 0 aromatic rings. The van der Waals surface area contributed by atoms with Gasteiger partial charge in [0.15, 0.2) is 5.78 Å². The first-order valence-corrected chi connectivity index (χ1v) is 9.68. The van der Waals surface area contributed by atoms with Gasteiger partial charge >= 0.3 is 0 Å². The minimum Gasteiger partial charge on any atom is -0.393 e.